The molecule has 1 aliphatic rings. The second kappa shape index (κ2) is 7.45. The number of piperidine rings is 1. The van der Waals surface area contributed by atoms with Crippen LogP contribution in [0.2, 0.25) is 0 Å². The second-order valence-electron chi connectivity index (χ2n) is 5.37. The molecule has 1 aliphatic heterocycles. The van der Waals surface area contributed by atoms with Crippen molar-refractivity contribution in [2.24, 2.45) is 5.92 Å². The topological polar surface area (TPSA) is 57.6 Å². The van der Waals surface area contributed by atoms with Gasteiger partial charge in [-0.15, -0.1) is 0 Å². The Hall–Kier alpha value is -1.33. The monoisotopic (exact) mass is 279 g/mol. The first-order chi connectivity index (χ1) is 9.72. The smallest absolute Gasteiger partial charge is 0.213 e. The number of anilines is 1. The van der Waals surface area contributed by atoms with Crippen LogP contribution in [0.1, 0.15) is 20.3 Å². The lowest BCUT2D eigenvalue weighted by atomic mass is 9.93. The molecule has 2 rings (SSSR count). The van der Waals surface area contributed by atoms with Gasteiger partial charge in [0.2, 0.25) is 5.88 Å². The number of nitrogens with one attached hydrogen (secondary N) is 1. The van der Waals surface area contributed by atoms with Crippen molar-refractivity contribution in [2.75, 3.05) is 38.2 Å². The van der Waals surface area contributed by atoms with Gasteiger partial charge >= 0.3 is 0 Å². The Morgan fingerprint density at radius 2 is 2.35 bits per heavy atom. The third-order valence-corrected chi connectivity index (χ3v) is 3.87. The van der Waals surface area contributed by atoms with Crippen molar-refractivity contribution in [1.82, 2.24) is 9.88 Å². The Morgan fingerprint density at radius 1 is 1.50 bits per heavy atom. The molecule has 0 spiro atoms. The number of aliphatic hydroxyl groups excluding tert-OH is 1. The fraction of sp³-hybridized carbons (Fsp3) is 0.667. The van der Waals surface area contributed by atoms with Crippen molar-refractivity contribution in [3.8, 4) is 5.88 Å². The predicted molar refractivity (Wildman–Crippen MR) is 80.1 cm³/mol. The van der Waals surface area contributed by atoms with Crippen LogP contribution in [0.5, 0.6) is 5.88 Å². The molecule has 2 N–H and O–H groups in total. The summed E-state index contributed by atoms with van der Waals surface area (Å²) in [5.41, 5.74) is 1.03. The average molecular weight is 279 g/mol. The SMILES string of the molecule is CCN1CCC(Nc2ccc(OCCO)nc2)C(C)C1. The summed E-state index contributed by atoms with van der Waals surface area (Å²) in [6.45, 7) is 8.25. The molecule has 2 heterocycles. The van der Waals surface area contributed by atoms with Crippen LogP contribution in [0.4, 0.5) is 5.69 Å². The van der Waals surface area contributed by atoms with Crippen molar-refractivity contribution in [3.63, 3.8) is 0 Å². The van der Waals surface area contributed by atoms with Crippen molar-refractivity contribution in [2.45, 2.75) is 26.3 Å². The van der Waals surface area contributed by atoms with Crippen LogP contribution < -0.4 is 10.1 Å². The van der Waals surface area contributed by atoms with Gasteiger partial charge in [0, 0.05) is 25.2 Å². The van der Waals surface area contributed by atoms with Gasteiger partial charge in [-0.2, -0.15) is 0 Å². The molecule has 2 atom stereocenters. The quantitative estimate of drug-likeness (QED) is 0.828. The highest BCUT2D eigenvalue weighted by Crippen LogP contribution is 2.21. The van der Waals surface area contributed by atoms with Gasteiger partial charge in [0.15, 0.2) is 0 Å². The molecule has 0 bridgehead atoms. The Balaban J connectivity index is 1.87. The van der Waals surface area contributed by atoms with E-state index >= 15 is 0 Å². The number of hydrogen-bond acceptors (Lipinski definition) is 5. The van der Waals surface area contributed by atoms with Crippen LogP contribution in [0.25, 0.3) is 0 Å². The van der Waals surface area contributed by atoms with Crippen molar-refractivity contribution in [3.05, 3.63) is 18.3 Å². The highest BCUT2D eigenvalue weighted by Gasteiger charge is 2.24. The molecule has 0 amide bonds. The lowest BCUT2D eigenvalue weighted by Crippen LogP contribution is -2.45. The summed E-state index contributed by atoms with van der Waals surface area (Å²) < 4.78 is 5.25. The molecule has 1 fully saturated rings. The number of hydrogen-bond donors (Lipinski definition) is 2. The molecule has 20 heavy (non-hydrogen) atoms. The van der Waals surface area contributed by atoms with Gasteiger partial charge in [-0.05, 0) is 24.9 Å². The van der Waals surface area contributed by atoms with E-state index in [2.05, 4.69) is 29.0 Å². The van der Waals surface area contributed by atoms with E-state index < -0.39 is 0 Å². The second-order valence-corrected chi connectivity index (χ2v) is 5.37. The van der Waals surface area contributed by atoms with E-state index in [0.29, 0.717) is 17.8 Å². The number of likely N-dealkylation sites (tertiary alicyclic amines) is 1. The maximum absolute atomic E-state index is 8.70. The summed E-state index contributed by atoms with van der Waals surface area (Å²) in [6, 6.07) is 4.33. The first-order valence-electron chi connectivity index (χ1n) is 7.41. The van der Waals surface area contributed by atoms with Crippen molar-refractivity contribution >= 4 is 5.69 Å². The first-order valence-corrected chi connectivity index (χ1v) is 7.41. The maximum Gasteiger partial charge on any atom is 0.213 e. The lowest BCUT2D eigenvalue weighted by Gasteiger charge is -2.37. The van der Waals surface area contributed by atoms with E-state index in [4.69, 9.17) is 9.84 Å². The molecule has 5 nitrogen and oxygen atoms in total. The lowest BCUT2D eigenvalue weighted by molar-refractivity contribution is 0.179. The standard InChI is InChI=1S/C15H25N3O2/c1-3-18-7-6-14(12(2)11-18)17-13-4-5-15(16-10-13)20-9-8-19/h4-5,10,12,14,17,19H,3,6-9,11H2,1-2H3. The van der Waals surface area contributed by atoms with Crippen molar-refractivity contribution < 1.29 is 9.84 Å². The van der Waals surface area contributed by atoms with Gasteiger partial charge < -0.3 is 20.1 Å². The Kier molecular flexibility index (Phi) is 5.61. The van der Waals surface area contributed by atoms with Gasteiger partial charge in [0.1, 0.15) is 6.61 Å². The molecular weight excluding hydrogens is 254 g/mol. The van der Waals surface area contributed by atoms with Gasteiger partial charge in [-0.1, -0.05) is 13.8 Å². The molecule has 1 saturated heterocycles. The van der Waals surface area contributed by atoms with E-state index in [9.17, 15) is 0 Å². The zero-order valence-corrected chi connectivity index (χ0v) is 12.4. The third kappa shape index (κ3) is 4.08. The molecule has 1 aromatic rings. The number of pyridine rings is 1. The molecule has 1 aromatic heterocycles. The molecular formula is C15H25N3O2. The van der Waals surface area contributed by atoms with E-state index in [1.165, 1.54) is 0 Å². The third-order valence-electron chi connectivity index (χ3n) is 3.87. The number of aliphatic hydroxyl groups is 1. The molecule has 2 unspecified atom stereocenters. The zero-order chi connectivity index (χ0) is 14.4. The van der Waals surface area contributed by atoms with Crippen LogP contribution in [0.15, 0.2) is 18.3 Å². The fourth-order valence-corrected chi connectivity index (χ4v) is 2.65. The molecule has 5 heteroatoms. The summed E-state index contributed by atoms with van der Waals surface area (Å²) in [6.07, 6.45) is 2.96. The molecule has 0 aromatic carbocycles. The van der Waals surface area contributed by atoms with Gasteiger partial charge in [0.25, 0.3) is 0 Å². The fourth-order valence-electron chi connectivity index (χ4n) is 2.65. The maximum atomic E-state index is 8.70. The van der Waals surface area contributed by atoms with Gasteiger partial charge in [-0.3, -0.25) is 0 Å². The van der Waals surface area contributed by atoms with Crippen molar-refractivity contribution in [1.29, 1.82) is 0 Å². The van der Waals surface area contributed by atoms with Gasteiger partial charge in [0.05, 0.1) is 18.5 Å². The molecule has 0 saturated carbocycles. The zero-order valence-electron chi connectivity index (χ0n) is 12.4. The minimum atomic E-state index is 0.00913. The van der Waals surface area contributed by atoms with E-state index in [1.54, 1.807) is 6.20 Å². The highest BCUT2D eigenvalue weighted by atomic mass is 16.5. The van der Waals surface area contributed by atoms with Crippen LogP contribution in [-0.4, -0.2) is 53.9 Å². The first kappa shape index (κ1) is 15.1. The number of nitrogens with zero attached hydrogens (tertiary/aromatic N) is 2. The molecule has 112 valence electrons. The normalized spacial score (nSPS) is 23.6. The largest absolute Gasteiger partial charge is 0.475 e. The summed E-state index contributed by atoms with van der Waals surface area (Å²) in [5.74, 6) is 1.19. The number of ether oxygens (including phenoxy) is 1. The van der Waals surface area contributed by atoms with E-state index in [0.717, 1.165) is 31.7 Å². The minimum Gasteiger partial charge on any atom is -0.475 e. The molecule has 0 radical (unpaired) electrons. The van der Waals surface area contributed by atoms with Crippen LogP contribution in [0, 0.1) is 5.92 Å². The van der Waals surface area contributed by atoms with Gasteiger partial charge in [-0.25, -0.2) is 4.98 Å². The summed E-state index contributed by atoms with van der Waals surface area (Å²) in [4.78, 5) is 6.72. The Labute approximate surface area is 121 Å². The Bertz CT molecular complexity index is 397. The number of aromatic nitrogens is 1. The summed E-state index contributed by atoms with van der Waals surface area (Å²) in [5, 5.41) is 12.3. The molecule has 0 aliphatic carbocycles. The number of rotatable bonds is 6. The average Bonchev–Trinajstić information content (AvgIpc) is 2.48. The summed E-state index contributed by atoms with van der Waals surface area (Å²) >= 11 is 0. The van der Waals surface area contributed by atoms with E-state index in [1.807, 2.05) is 12.1 Å². The minimum absolute atomic E-state index is 0.00913. The van der Waals surface area contributed by atoms with Crippen LogP contribution in [0.3, 0.4) is 0 Å². The Morgan fingerprint density at radius 3 is 2.95 bits per heavy atom. The van der Waals surface area contributed by atoms with Crippen LogP contribution in [-0.2, 0) is 0 Å². The predicted octanol–water partition coefficient (Wildman–Crippen LogP) is 1.59. The van der Waals surface area contributed by atoms with Crippen LogP contribution >= 0.6 is 0 Å². The summed E-state index contributed by atoms with van der Waals surface area (Å²) in [7, 11) is 0. The van der Waals surface area contributed by atoms with E-state index in [-0.39, 0.29) is 13.2 Å². The highest BCUT2D eigenvalue weighted by molar-refractivity contribution is 5.43.